The lowest BCUT2D eigenvalue weighted by molar-refractivity contribution is 0.242. The number of aromatic nitrogens is 1. The van der Waals surface area contributed by atoms with E-state index in [4.69, 9.17) is 10.00 Å². The van der Waals surface area contributed by atoms with E-state index in [9.17, 15) is 0 Å². The zero-order chi connectivity index (χ0) is 13.1. The Balaban J connectivity index is 2.26. The Bertz CT molecular complexity index is 584. The van der Waals surface area contributed by atoms with E-state index in [2.05, 4.69) is 27.0 Å². The van der Waals surface area contributed by atoms with E-state index in [0.29, 0.717) is 5.69 Å². The van der Waals surface area contributed by atoms with Crippen molar-refractivity contribution in [2.24, 2.45) is 0 Å². The van der Waals surface area contributed by atoms with Crippen LogP contribution >= 0.6 is 27.3 Å². The summed E-state index contributed by atoms with van der Waals surface area (Å²) in [6.07, 6.45) is 0.162. The average molecular weight is 323 g/mol. The number of nitriles is 1. The fourth-order valence-corrected chi connectivity index (χ4v) is 2.83. The topological polar surface area (TPSA) is 45.9 Å². The van der Waals surface area contributed by atoms with Crippen LogP contribution in [0.15, 0.2) is 28.1 Å². The number of hydrogen-bond acceptors (Lipinski definition) is 4. The molecule has 2 rings (SSSR count). The summed E-state index contributed by atoms with van der Waals surface area (Å²) in [4.78, 5) is 4.26. The average Bonchev–Trinajstić information content (AvgIpc) is 2.71. The molecular formula is C13H11BrN2OS. The molecule has 2 aromatic rings. The number of halogens is 1. The smallest absolute Gasteiger partial charge is 0.166 e. The highest BCUT2D eigenvalue weighted by Gasteiger charge is 2.10. The molecule has 0 fully saturated rings. The molecule has 0 unspecified atom stereocenters. The van der Waals surface area contributed by atoms with Crippen LogP contribution in [0.4, 0.5) is 0 Å². The van der Waals surface area contributed by atoms with E-state index in [1.54, 1.807) is 0 Å². The van der Waals surface area contributed by atoms with Crippen LogP contribution < -0.4 is 4.74 Å². The Morgan fingerprint density at radius 3 is 2.50 bits per heavy atom. The van der Waals surface area contributed by atoms with Gasteiger partial charge in [0, 0.05) is 5.56 Å². The summed E-state index contributed by atoms with van der Waals surface area (Å²) in [5.41, 5.74) is 1.41. The quantitative estimate of drug-likeness (QED) is 0.849. The Labute approximate surface area is 118 Å². The van der Waals surface area contributed by atoms with Gasteiger partial charge in [0.25, 0.3) is 0 Å². The van der Waals surface area contributed by atoms with E-state index >= 15 is 0 Å². The highest BCUT2D eigenvalue weighted by molar-refractivity contribution is 9.11. The molecule has 0 bridgehead atoms. The molecule has 0 N–H and O–H groups in total. The van der Waals surface area contributed by atoms with Gasteiger partial charge in [-0.05, 0) is 54.0 Å². The van der Waals surface area contributed by atoms with Crippen molar-refractivity contribution in [1.82, 2.24) is 4.98 Å². The second-order valence-corrected chi connectivity index (χ2v) is 6.26. The molecule has 5 heteroatoms. The van der Waals surface area contributed by atoms with Crippen LogP contribution in [0.1, 0.15) is 19.5 Å². The van der Waals surface area contributed by atoms with Gasteiger partial charge >= 0.3 is 0 Å². The van der Waals surface area contributed by atoms with E-state index in [0.717, 1.165) is 20.1 Å². The van der Waals surface area contributed by atoms with Crippen molar-refractivity contribution in [3.05, 3.63) is 33.7 Å². The second-order valence-electron chi connectivity index (χ2n) is 3.94. The minimum Gasteiger partial charge on any atom is -0.491 e. The maximum absolute atomic E-state index is 8.87. The number of benzene rings is 1. The van der Waals surface area contributed by atoms with Crippen molar-refractivity contribution in [2.45, 2.75) is 20.0 Å². The zero-order valence-corrected chi connectivity index (χ0v) is 12.4. The highest BCUT2D eigenvalue weighted by atomic mass is 79.9. The van der Waals surface area contributed by atoms with Crippen molar-refractivity contribution in [1.29, 1.82) is 5.26 Å². The second kappa shape index (κ2) is 5.51. The standard InChI is InChI=1S/C13H11BrN2OS/c1-8(2)17-10-5-3-9(4-6-10)13-16-11(7-15)12(14)18-13/h3-6,8H,1-2H3. The highest BCUT2D eigenvalue weighted by Crippen LogP contribution is 2.32. The van der Waals surface area contributed by atoms with Crippen LogP contribution in [0.25, 0.3) is 10.6 Å². The van der Waals surface area contributed by atoms with E-state index < -0.39 is 0 Å². The molecule has 3 nitrogen and oxygen atoms in total. The van der Waals surface area contributed by atoms with Gasteiger partial charge < -0.3 is 4.74 Å². The Kier molecular flexibility index (Phi) is 4.00. The van der Waals surface area contributed by atoms with Gasteiger partial charge in [-0.15, -0.1) is 11.3 Å². The molecule has 1 heterocycles. The fraction of sp³-hybridized carbons (Fsp3) is 0.231. The van der Waals surface area contributed by atoms with Gasteiger partial charge in [-0.1, -0.05) is 0 Å². The van der Waals surface area contributed by atoms with Gasteiger partial charge in [-0.3, -0.25) is 0 Å². The van der Waals surface area contributed by atoms with Crippen LogP contribution in [-0.4, -0.2) is 11.1 Å². The summed E-state index contributed by atoms with van der Waals surface area (Å²) < 4.78 is 6.34. The van der Waals surface area contributed by atoms with Gasteiger partial charge in [0.2, 0.25) is 0 Å². The maximum Gasteiger partial charge on any atom is 0.166 e. The predicted octanol–water partition coefficient (Wildman–Crippen LogP) is 4.23. The first kappa shape index (κ1) is 13.1. The van der Waals surface area contributed by atoms with Crippen LogP contribution in [0, 0.1) is 11.3 Å². The minimum atomic E-state index is 0.162. The number of thiazole rings is 1. The van der Waals surface area contributed by atoms with E-state index in [1.165, 1.54) is 11.3 Å². The molecule has 1 aromatic carbocycles. The third kappa shape index (κ3) is 2.89. The van der Waals surface area contributed by atoms with Crippen molar-refractivity contribution in [3.8, 4) is 22.4 Å². The molecule has 0 atom stereocenters. The first-order chi connectivity index (χ1) is 8.60. The molecule has 0 saturated heterocycles. The molecule has 1 aromatic heterocycles. The molecule has 0 saturated carbocycles. The predicted molar refractivity (Wildman–Crippen MR) is 75.7 cm³/mol. The number of rotatable bonds is 3. The Morgan fingerprint density at radius 2 is 2.00 bits per heavy atom. The van der Waals surface area contributed by atoms with Crippen LogP contribution in [0.5, 0.6) is 5.75 Å². The lowest BCUT2D eigenvalue weighted by atomic mass is 10.2. The number of hydrogen-bond donors (Lipinski definition) is 0. The fourth-order valence-electron chi connectivity index (χ4n) is 1.44. The molecule has 92 valence electrons. The molecule has 0 amide bonds. The number of nitrogens with zero attached hydrogens (tertiary/aromatic N) is 2. The van der Waals surface area contributed by atoms with E-state index in [1.807, 2.05) is 38.1 Å². The van der Waals surface area contributed by atoms with Crippen LogP contribution in [0.3, 0.4) is 0 Å². The number of ether oxygens (including phenoxy) is 1. The third-order valence-electron chi connectivity index (χ3n) is 2.16. The third-order valence-corrected chi connectivity index (χ3v) is 3.92. The van der Waals surface area contributed by atoms with Gasteiger partial charge in [-0.25, -0.2) is 4.98 Å². The largest absolute Gasteiger partial charge is 0.491 e. The van der Waals surface area contributed by atoms with E-state index in [-0.39, 0.29) is 6.10 Å². The summed E-state index contributed by atoms with van der Waals surface area (Å²) in [7, 11) is 0. The molecule has 0 spiro atoms. The first-order valence-corrected chi connectivity index (χ1v) is 7.04. The molecule has 0 aliphatic rings. The lowest BCUT2D eigenvalue weighted by Gasteiger charge is -2.09. The minimum absolute atomic E-state index is 0.162. The summed E-state index contributed by atoms with van der Waals surface area (Å²) >= 11 is 4.78. The van der Waals surface area contributed by atoms with Crippen molar-refractivity contribution in [3.63, 3.8) is 0 Å². The monoisotopic (exact) mass is 322 g/mol. The van der Waals surface area contributed by atoms with Crippen LogP contribution in [-0.2, 0) is 0 Å². The van der Waals surface area contributed by atoms with Crippen LogP contribution in [0.2, 0.25) is 0 Å². The van der Waals surface area contributed by atoms with Gasteiger partial charge in [0.05, 0.1) is 6.10 Å². The van der Waals surface area contributed by atoms with Crippen molar-refractivity contribution >= 4 is 27.3 Å². The van der Waals surface area contributed by atoms with Gasteiger partial charge in [0.15, 0.2) is 5.69 Å². The molecule has 0 aliphatic heterocycles. The molecule has 18 heavy (non-hydrogen) atoms. The van der Waals surface area contributed by atoms with Gasteiger partial charge in [-0.2, -0.15) is 5.26 Å². The summed E-state index contributed by atoms with van der Waals surface area (Å²) in [6, 6.07) is 9.77. The zero-order valence-electron chi connectivity index (χ0n) is 9.98. The van der Waals surface area contributed by atoms with Gasteiger partial charge in [0.1, 0.15) is 20.6 Å². The maximum atomic E-state index is 8.87. The first-order valence-electron chi connectivity index (χ1n) is 5.43. The SMILES string of the molecule is CC(C)Oc1ccc(-c2nc(C#N)c(Br)s2)cc1. The Hall–Kier alpha value is -1.38. The molecule has 0 aliphatic carbocycles. The summed E-state index contributed by atoms with van der Waals surface area (Å²) in [5.74, 6) is 0.838. The molecular weight excluding hydrogens is 312 g/mol. The Morgan fingerprint density at radius 1 is 1.33 bits per heavy atom. The van der Waals surface area contributed by atoms with Crippen molar-refractivity contribution in [2.75, 3.05) is 0 Å². The summed E-state index contributed by atoms with van der Waals surface area (Å²) in [5, 5.41) is 9.69. The normalized spacial score (nSPS) is 10.4. The van der Waals surface area contributed by atoms with Crippen molar-refractivity contribution < 1.29 is 4.74 Å². The molecule has 0 radical (unpaired) electrons. The summed E-state index contributed by atoms with van der Waals surface area (Å²) in [6.45, 7) is 3.98. The lowest BCUT2D eigenvalue weighted by Crippen LogP contribution is -2.05.